The number of Topliss-reactive ketones (excluding diaryl/α,β-unsaturated/α-hetero) is 1. The van der Waals surface area contributed by atoms with E-state index < -0.39 is 0 Å². The summed E-state index contributed by atoms with van der Waals surface area (Å²) < 4.78 is 0.767. The third-order valence-electron chi connectivity index (χ3n) is 2.24. The Morgan fingerprint density at radius 1 is 1.12 bits per heavy atom. The Morgan fingerprint density at radius 3 is 2.53 bits per heavy atom. The maximum atomic E-state index is 11.8. The summed E-state index contributed by atoms with van der Waals surface area (Å²) in [5.41, 5.74) is 0.674. The van der Waals surface area contributed by atoms with Crippen LogP contribution in [0.15, 0.2) is 59.8 Å². The van der Waals surface area contributed by atoms with Crippen LogP contribution in [0.4, 0.5) is 0 Å². The molecule has 0 bridgehead atoms. The maximum absolute atomic E-state index is 11.8. The van der Waals surface area contributed by atoms with Crippen molar-refractivity contribution in [1.29, 1.82) is 0 Å². The van der Waals surface area contributed by atoms with Crippen molar-refractivity contribution in [3.63, 3.8) is 0 Å². The van der Waals surface area contributed by atoms with Crippen molar-refractivity contribution in [2.75, 3.05) is 5.75 Å². The van der Waals surface area contributed by atoms with Crippen LogP contribution >= 0.6 is 11.8 Å². The van der Waals surface area contributed by atoms with E-state index >= 15 is 0 Å². The number of ketones is 1. The second-order valence-electron chi connectivity index (χ2n) is 3.44. The molecular weight excluding hydrogens is 234 g/mol. The quantitative estimate of drug-likeness (QED) is 0.359. The van der Waals surface area contributed by atoms with Crippen LogP contribution in [0.25, 0.3) is 0 Å². The van der Waals surface area contributed by atoms with E-state index in [1.54, 1.807) is 30.3 Å². The molecule has 0 saturated carbocycles. The second-order valence-corrected chi connectivity index (χ2v) is 4.44. The van der Waals surface area contributed by atoms with Crippen LogP contribution in [0.5, 0.6) is 0 Å². The number of carbonyl (C=O) groups is 1. The lowest BCUT2D eigenvalue weighted by Gasteiger charge is -2.02. The maximum Gasteiger partial charge on any atom is 0.251 e. The first kappa shape index (κ1) is 11.7. The van der Waals surface area contributed by atoms with Gasteiger partial charge in [0.25, 0.3) is 5.03 Å². The molecule has 0 aliphatic rings. The lowest BCUT2D eigenvalue weighted by Crippen LogP contribution is -2.28. The molecule has 0 unspecified atom stereocenters. The molecule has 17 heavy (non-hydrogen) atoms. The van der Waals surface area contributed by atoms with Crippen LogP contribution in [0.2, 0.25) is 0 Å². The molecule has 3 nitrogen and oxygen atoms in total. The lowest BCUT2D eigenvalue weighted by molar-refractivity contribution is -0.645. The first-order valence-electron chi connectivity index (χ1n) is 5.16. The van der Waals surface area contributed by atoms with Crippen molar-refractivity contribution < 1.29 is 9.52 Å². The van der Waals surface area contributed by atoms with Crippen LogP contribution < -0.4 is 4.73 Å². The molecular formula is C13H11NO2S. The van der Waals surface area contributed by atoms with Gasteiger partial charge in [0.2, 0.25) is 0 Å². The highest BCUT2D eigenvalue weighted by molar-refractivity contribution is 7.99. The highest BCUT2D eigenvalue weighted by Crippen LogP contribution is 2.14. The van der Waals surface area contributed by atoms with Gasteiger partial charge in [0.05, 0.1) is 5.75 Å². The van der Waals surface area contributed by atoms with E-state index in [1.165, 1.54) is 18.0 Å². The molecule has 0 aliphatic heterocycles. The molecule has 0 radical (unpaired) electrons. The minimum atomic E-state index is 0.0273. The van der Waals surface area contributed by atoms with E-state index in [0.717, 1.165) is 4.73 Å². The van der Waals surface area contributed by atoms with E-state index in [0.29, 0.717) is 10.6 Å². The van der Waals surface area contributed by atoms with Crippen LogP contribution in [-0.2, 0) is 0 Å². The summed E-state index contributed by atoms with van der Waals surface area (Å²) in [6.45, 7) is 0. The topological polar surface area (TPSA) is 44.0 Å². The van der Waals surface area contributed by atoms with Crippen molar-refractivity contribution in [2.45, 2.75) is 5.03 Å². The van der Waals surface area contributed by atoms with Gasteiger partial charge < -0.3 is 5.21 Å². The smallest absolute Gasteiger partial charge is 0.251 e. The van der Waals surface area contributed by atoms with Gasteiger partial charge in [0.1, 0.15) is 0 Å². The van der Waals surface area contributed by atoms with E-state index in [4.69, 9.17) is 0 Å². The molecule has 1 aromatic heterocycles. The number of pyridine rings is 1. The summed E-state index contributed by atoms with van der Waals surface area (Å²) in [5, 5.41) is 11.9. The molecule has 0 fully saturated rings. The molecule has 1 aromatic carbocycles. The van der Waals surface area contributed by atoms with Crippen LogP contribution in [-0.4, -0.2) is 11.5 Å². The highest BCUT2D eigenvalue weighted by Gasteiger charge is 2.10. The number of nitrogens with zero attached hydrogens (tertiary/aromatic N) is 1. The van der Waals surface area contributed by atoms with Gasteiger partial charge in [-0.15, -0.1) is 0 Å². The SMILES string of the molecule is O=C(CSc1cccc[n+]1[O-])c1ccccc1. The summed E-state index contributed by atoms with van der Waals surface area (Å²) in [5.74, 6) is 0.301. The van der Waals surface area contributed by atoms with Gasteiger partial charge >= 0.3 is 0 Å². The van der Waals surface area contributed by atoms with Crippen LogP contribution in [0.1, 0.15) is 10.4 Å². The molecule has 0 aliphatic carbocycles. The summed E-state index contributed by atoms with van der Waals surface area (Å²) >= 11 is 1.25. The Bertz CT molecular complexity index is 514. The number of rotatable bonds is 4. The average molecular weight is 245 g/mol. The van der Waals surface area contributed by atoms with Gasteiger partial charge in [0, 0.05) is 17.7 Å². The van der Waals surface area contributed by atoms with E-state index in [9.17, 15) is 10.0 Å². The third-order valence-corrected chi connectivity index (χ3v) is 3.25. The zero-order valence-corrected chi connectivity index (χ0v) is 9.89. The van der Waals surface area contributed by atoms with E-state index in [1.807, 2.05) is 18.2 Å². The van der Waals surface area contributed by atoms with Crippen LogP contribution in [0, 0.1) is 5.21 Å². The number of aromatic nitrogens is 1. The normalized spacial score (nSPS) is 10.1. The number of thioether (sulfide) groups is 1. The Kier molecular flexibility index (Phi) is 3.77. The molecule has 0 saturated heterocycles. The van der Waals surface area contributed by atoms with Gasteiger partial charge in [0.15, 0.2) is 12.0 Å². The predicted molar refractivity (Wildman–Crippen MR) is 66.9 cm³/mol. The molecule has 4 heteroatoms. The first-order chi connectivity index (χ1) is 8.27. The summed E-state index contributed by atoms with van der Waals surface area (Å²) in [6.07, 6.45) is 1.43. The molecule has 2 rings (SSSR count). The Labute approximate surface area is 104 Å². The second kappa shape index (κ2) is 5.50. The standard InChI is InChI=1S/C13H11NO2S/c15-12(11-6-2-1-3-7-11)10-17-13-8-4-5-9-14(13)16/h1-9H,10H2. The summed E-state index contributed by atoms with van der Waals surface area (Å²) in [6, 6.07) is 14.2. The van der Waals surface area contributed by atoms with Crippen molar-refractivity contribution >= 4 is 17.5 Å². The fraction of sp³-hybridized carbons (Fsp3) is 0.0769. The fourth-order valence-corrected chi connectivity index (χ4v) is 2.18. The van der Waals surface area contributed by atoms with E-state index in [-0.39, 0.29) is 11.5 Å². The van der Waals surface area contributed by atoms with Gasteiger partial charge in [-0.25, -0.2) is 0 Å². The highest BCUT2D eigenvalue weighted by atomic mass is 32.2. The molecule has 1 heterocycles. The van der Waals surface area contributed by atoms with Crippen molar-refractivity contribution in [3.8, 4) is 0 Å². The molecule has 0 amide bonds. The van der Waals surface area contributed by atoms with Crippen molar-refractivity contribution in [3.05, 3.63) is 65.5 Å². The number of hydrogen-bond donors (Lipinski definition) is 0. The number of benzene rings is 1. The average Bonchev–Trinajstić information content (AvgIpc) is 2.38. The molecule has 2 aromatic rings. The summed E-state index contributed by atoms with van der Waals surface area (Å²) in [4.78, 5) is 11.8. The van der Waals surface area contributed by atoms with Gasteiger partial charge in [-0.05, 0) is 17.8 Å². The first-order valence-corrected chi connectivity index (χ1v) is 6.15. The Hall–Kier alpha value is -1.81. The minimum absolute atomic E-state index is 0.0273. The van der Waals surface area contributed by atoms with Gasteiger partial charge in [-0.1, -0.05) is 30.3 Å². The molecule has 0 spiro atoms. The largest absolute Gasteiger partial charge is 0.618 e. The molecule has 86 valence electrons. The minimum Gasteiger partial charge on any atom is -0.618 e. The Morgan fingerprint density at radius 2 is 1.82 bits per heavy atom. The van der Waals surface area contributed by atoms with Gasteiger partial charge in [-0.2, -0.15) is 4.73 Å². The third kappa shape index (κ3) is 3.07. The zero-order valence-electron chi connectivity index (χ0n) is 9.08. The zero-order chi connectivity index (χ0) is 12.1. The number of hydrogen-bond acceptors (Lipinski definition) is 3. The van der Waals surface area contributed by atoms with Crippen molar-refractivity contribution in [2.24, 2.45) is 0 Å². The lowest BCUT2D eigenvalue weighted by atomic mass is 10.2. The Balaban J connectivity index is 2.00. The predicted octanol–water partition coefficient (Wildman–Crippen LogP) is 2.29. The summed E-state index contributed by atoms with van der Waals surface area (Å²) in [7, 11) is 0. The van der Waals surface area contributed by atoms with E-state index in [2.05, 4.69) is 0 Å². The molecule has 0 atom stereocenters. The van der Waals surface area contributed by atoms with Gasteiger partial charge in [-0.3, -0.25) is 4.79 Å². The number of carbonyl (C=O) groups excluding carboxylic acids is 1. The van der Waals surface area contributed by atoms with Crippen molar-refractivity contribution in [1.82, 2.24) is 0 Å². The monoisotopic (exact) mass is 245 g/mol. The fourth-order valence-electron chi connectivity index (χ4n) is 1.37. The molecule has 0 N–H and O–H groups in total. The van der Waals surface area contributed by atoms with Crippen LogP contribution in [0.3, 0.4) is 0 Å².